The second kappa shape index (κ2) is 5.98. The summed E-state index contributed by atoms with van der Waals surface area (Å²) < 4.78 is 0. The predicted molar refractivity (Wildman–Crippen MR) is 87.8 cm³/mol. The van der Waals surface area contributed by atoms with Crippen molar-refractivity contribution in [2.24, 2.45) is 0 Å². The molecule has 2 rings (SSSR count). The van der Waals surface area contributed by atoms with Crippen molar-refractivity contribution in [2.75, 3.05) is 25.0 Å². The van der Waals surface area contributed by atoms with Gasteiger partial charge in [0.1, 0.15) is 0 Å². The monoisotopic (exact) mass is 291 g/mol. The van der Waals surface area contributed by atoms with Crippen LogP contribution in [0.3, 0.4) is 0 Å². The maximum absolute atomic E-state index is 6.02. The number of fused-ring (bicyclic) bond motifs is 1. The minimum absolute atomic E-state index is 0.147. The third-order valence-corrected chi connectivity index (χ3v) is 3.43. The molecule has 0 amide bonds. The lowest BCUT2D eigenvalue weighted by Crippen LogP contribution is -2.40. The third-order valence-electron chi connectivity index (χ3n) is 3.20. The molecule has 0 aliphatic heterocycles. The molecule has 1 heterocycles. The molecule has 1 aromatic heterocycles. The molecule has 2 aromatic rings. The van der Waals surface area contributed by atoms with Gasteiger partial charge in [-0.3, -0.25) is 4.98 Å². The van der Waals surface area contributed by atoms with E-state index >= 15 is 0 Å². The number of pyridine rings is 1. The highest BCUT2D eigenvalue weighted by molar-refractivity contribution is 6.31. The molecular formula is C16H22ClN3. The van der Waals surface area contributed by atoms with E-state index in [9.17, 15) is 0 Å². The zero-order valence-electron chi connectivity index (χ0n) is 12.6. The normalized spacial score (nSPS) is 11.8. The quantitative estimate of drug-likeness (QED) is 0.931. The van der Waals surface area contributed by atoms with E-state index in [1.165, 1.54) is 5.69 Å². The van der Waals surface area contributed by atoms with Crippen LogP contribution in [-0.4, -0.2) is 30.7 Å². The summed E-state index contributed by atoms with van der Waals surface area (Å²) in [6.07, 6.45) is 1.84. The SMILES string of the molecule is CN(CCNC(C)(C)C)c1ccnc2cc(Cl)ccc12. The van der Waals surface area contributed by atoms with E-state index in [1.54, 1.807) is 0 Å². The molecule has 0 atom stereocenters. The van der Waals surface area contributed by atoms with Gasteiger partial charge in [0.25, 0.3) is 0 Å². The van der Waals surface area contributed by atoms with E-state index in [-0.39, 0.29) is 5.54 Å². The summed E-state index contributed by atoms with van der Waals surface area (Å²) in [7, 11) is 2.10. The van der Waals surface area contributed by atoms with Crippen LogP contribution in [-0.2, 0) is 0 Å². The molecule has 108 valence electrons. The lowest BCUT2D eigenvalue weighted by atomic mass is 10.1. The Bertz CT molecular complexity index is 590. The first-order chi connectivity index (χ1) is 9.37. The highest BCUT2D eigenvalue weighted by Crippen LogP contribution is 2.26. The molecule has 0 unspecified atom stereocenters. The summed E-state index contributed by atoms with van der Waals surface area (Å²) in [5, 5.41) is 5.36. The zero-order chi connectivity index (χ0) is 14.8. The first kappa shape index (κ1) is 15.1. The van der Waals surface area contributed by atoms with Gasteiger partial charge >= 0.3 is 0 Å². The first-order valence-electron chi connectivity index (χ1n) is 6.87. The molecule has 0 aliphatic rings. The van der Waals surface area contributed by atoms with Crippen molar-refractivity contribution >= 4 is 28.2 Å². The van der Waals surface area contributed by atoms with Gasteiger partial charge in [0, 0.05) is 48.0 Å². The van der Waals surface area contributed by atoms with Gasteiger partial charge in [-0.25, -0.2) is 0 Å². The summed E-state index contributed by atoms with van der Waals surface area (Å²) in [6.45, 7) is 8.42. The van der Waals surface area contributed by atoms with Crippen molar-refractivity contribution in [3.63, 3.8) is 0 Å². The number of nitrogens with zero attached hydrogens (tertiary/aromatic N) is 2. The number of likely N-dealkylation sites (N-methyl/N-ethyl adjacent to an activating group) is 1. The van der Waals surface area contributed by atoms with Crippen LogP contribution in [0.2, 0.25) is 5.02 Å². The fraction of sp³-hybridized carbons (Fsp3) is 0.438. The average molecular weight is 292 g/mol. The highest BCUT2D eigenvalue weighted by atomic mass is 35.5. The van der Waals surface area contributed by atoms with Gasteiger partial charge in [-0.2, -0.15) is 0 Å². The summed E-state index contributed by atoms with van der Waals surface area (Å²) in [4.78, 5) is 6.62. The van der Waals surface area contributed by atoms with Crippen LogP contribution in [0.25, 0.3) is 10.9 Å². The van der Waals surface area contributed by atoms with E-state index < -0.39 is 0 Å². The largest absolute Gasteiger partial charge is 0.373 e. The third kappa shape index (κ3) is 3.84. The Kier molecular flexibility index (Phi) is 4.51. The molecule has 0 aliphatic carbocycles. The number of halogens is 1. The molecule has 3 nitrogen and oxygen atoms in total. The second-order valence-electron chi connectivity index (χ2n) is 6.09. The summed E-state index contributed by atoms with van der Waals surface area (Å²) in [6, 6.07) is 7.90. The van der Waals surface area contributed by atoms with Crippen LogP contribution in [0, 0.1) is 0 Å². The number of anilines is 1. The molecule has 0 fully saturated rings. The zero-order valence-corrected chi connectivity index (χ0v) is 13.3. The van der Waals surface area contributed by atoms with Crippen LogP contribution in [0.15, 0.2) is 30.5 Å². The van der Waals surface area contributed by atoms with Crippen molar-refractivity contribution in [1.29, 1.82) is 0 Å². The van der Waals surface area contributed by atoms with Crippen LogP contribution < -0.4 is 10.2 Å². The standard InChI is InChI=1S/C16H22ClN3/c1-16(2,3)19-9-10-20(4)15-7-8-18-14-11-12(17)5-6-13(14)15/h5-8,11,19H,9-10H2,1-4H3. The molecule has 0 saturated carbocycles. The molecule has 1 aromatic carbocycles. The Morgan fingerprint density at radius 2 is 2.00 bits per heavy atom. The van der Waals surface area contributed by atoms with Gasteiger partial charge in [-0.05, 0) is 45.0 Å². The highest BCUT2D eigenvalue weighted by Gasteiger charge is 2.10. The van der Waals surface area contributed by atoms with Gasteiger partial charge < -0.3 is 10.2 Å². The number of aromatic nitrogens is 1. The summed E-state index contributed by atoms with van der Waals surface area (Å²) in [5.41, 5.74) is 2.27. The summed E-state index contributed by atoms with van der Waals surface area (Å²) >= 11 is 6.02. The number of hydrogen-bond donors (Lipinski definition) is 1. The fourth-order valence-electron chi connectivity index (χ4n) is 2.16. The number of rotatable bonds is 4. The lowest BCUT2D eigenvalue weighted by molar-refractivity contribution is 0.431. The maximum Gasteiger partial charge on any atom is 0.0737 e. The maximum atomic E-state index is 6.02. The number of benzene rings is 1. The number of hydrogen-bond acceptors (Lipinski definition) is 3. The van der Waals surface area contributed by atoms with Gasteiger partial charge in [0.2, 0.25) is 0 Å². The Balaban J connectivity index is 2.16. The molecule has 20 heavy (non-hydrogen) atoms. The Morgan fingerprint density at radius 1 is 1.25 bits per heavy atom. The van der Waals surface area contributed by atoms with Crippen molar-refractivity contribution in [3.05, 3.63) is 35.5 Å². The molecule has 0 bridgehead atoms. The second-order valence-corrected chi connectivity index (χ2v) is 6.53. The molecular weight excluding hydrogens is 270 g/mol. The first-order valence-corrected chi connectivity index (χ1v) is 7.25. The van der Waals surface area contributed by atoms with Gasteiger partial charge in [-0.1, -0.05) is 11.6 Å². The van der Waals surface area contributed by atoms with Crippen LogP contribution >= 0.6 is 11.6 Å². The summed E-state index contributed by atoms with van der Waals surface area (Å²) in [5.74, 6) is 0. The van der Waals surface area contributed by atoms with E-state index in [0.29, 0.717) is 0 Å². The fourth-order valence-corrected chi connectivity index (χ4v) is 2.32. The van der Waals surface area contributed by atoms with Crippen LogP contribution in [0.5, 0.6) is 0 Å². The van der Waals surface area contributed by atoms with Gasteiger partial charge in [-0.15, -0.1) is 0 Å². The van der Waals surface area contributed by atoms with Crippen molar-refractivity contribution in [1.82, 2.24) is 10.3 Å². The minimum atomic E-state index is 0.147. The topological polar surface area (TPSA) is 28.2 Å². The lowest BCUT2D eigenvalue weighted by Gasteiger charge is -2.25. The van der Waals surface area contributed by atoms with Crippen LogP contribution in [0.4, 0.5) is 5.69 Å². The molecule has 4 heteroatoms. The molecule has 0 saturated heterocycles. The molecule has 1 N–H and O–H groups in total. The van der Waals surface area contributed by atoms with E-state index in [2.05, 4.69) is 43.0 Å². The van der Waals surface area contributed by atoms with E-state index in [4.69, 9.17) is 11.6 Å². The Labute approximate surface area is 126 Å². The smallest absolute Gasteiger partial charge is 0.0737 e. The Hall–Kier alpha value is -1.32. The van der Waals surface area contributed by atoms with Crippen molar-refractivity contribution in [3.8, 4) is 0 Å². The van der Waals surface area contributed by atoms with Crippen molar-refractivity contribution < 1.29 is 0 Å². The van der Waals surface area contributed by atoms with Gasteiger partial charge in [0.05, 0.1) is 5.52 Å². The minimum Gasteiger partial charge on any atom is -0.373 e. The van der Waals surface area contributed by atoms with E-state index in [0.717, 1.165) is 29.0 Å². The Morgan fingerprint density at radius 3 is 2.70 bits per heavy atom. The van der Waals surface area contributed by atoms with E-state index in [1.807, 2.05) is 30.5 Å². The predicted octanol–water partition coefficient (Wildman–Crippen LogP) is 3.71. The molecule has 0 radical (unpaired) electrons. The molecule has 0 spiro atoms. The van der Waals surface area contributed by atoms with Crippen molar-refractivity contribution in [2.45, 2.75) is 26.3 Å². The van der Waals surface area contributed by atoms with Crippen LogP contribution in [0.1, 0.15) is 20.8 Å². The van der Waals surface area contributed by atoms with Gasteiger partial charge in [0.15, 0.2) is 0 Å². The number of nitrogens with one attached hydrogen (secondary N) is 1. The average Bonchev–Trinajstić information content (AvgIpc) is 2.36.